The molecule has 3 aromatic rings. The van der Waals surface area contributed by atoms with Crippen molar-refractivity contribution in [2.75, 3.05) is 46.1 Å². The van der Waals surface area contributed by atoms with Gasteiger partial charge in [0, 0.05) is 49.8 Å². The van der Waals surface area contributed by atoms with Crippen molar-refractivity contribution in [3.63, 3.8) is 0 Å². The molecule has 7 nitrogen and oxygen atoms in total. The lowest BCUT2D eigenvalue weighted by molar-refractivity contribution is 0.0342. The number of hydrogen-bond acceptors (Lipinski definition) is 6. The fourth-order valence-electron chi connectivity index (χ4n) is 4.18. The Hall–Kier alpha value is -3.51. The van der Waals surface area contributed by atoms with Gasteiger partial charge < -0.3 is 20.1 Å². The largest absolute Gasteiger partial charge is 0.502 e. The van der Waals surface area contributed by atoms with Gasteiger partial charge in [-0.2, -0.15) is 0 Å². The highest BCUT2D eigenvalue weighted by atomic mass is 19.1. The van der Waals surface area contributed by atoms with Crippen molar-refractivity contribution < 1.29 is 14.2 Å². The Morgan fingerprint density at radius 1 is 1.06 bits per heavy atom. The quantitative estimate of drug-likeness (QED) is 0.316. The molecule has 8 heteroatoms. The lowest BCUT2D eigenvalue weighted by Gasteiger charge is -2.26. The van der Waals surface area contributed by atoms with Crippen molar-refractivity contribution in [1.29, 1.82) is 0 Å². The summed E-state index contributed by atoms with van der Waals surface area (Å²) in [6, 6.07) is 16.2. The van der Waals surface area contributed by atoms with Gasteiger partial charge in [-0.3, -0.25) is 9.69 Å². The van der Waals surface area contributed by atoms with Crippen LogP contribution in [0.15, 0.2) is 59.7 Å². The van der Waals surface area contributed by atoms with Gasteiger partial charge in [0.2, 0.25) is 5.75 Å². The number of aromatic amines is 1. The van der Waals surface area contributed by atoms with Crippen LogP contribution in [0.1, 0.15) is 33.9 Å². The number of H-pyrrole nitrogens is 1. The molecule has 1 saturated heterocycles. The molecule has 1 fully saturated rings. The van der Waals surface area contributed by atoms with Crippen LogP contribution in [-0.2, 0) is 17.7 Å². The number of halogens is 1. The third-order valence-corrected chi connectivity index (χ3v) is 6.16. The molecule has 1 aromatic heterocycles. The summed E-state index contributed by atoms with van der Waals surface area (Å²) < 4.78 is 18.0. The lowest BCUT2D eigenvalue weighted by Crippen LogP contribution is -2.35. The minimum Gasteiger partial charge on any atom is -0.502 e. The molecule has 0 amide bonds. The Morgan fingerprint density at radius 3 is 2.33 bits per heavy atom. The topological polar surface area (TPSA) is 90.5 Å². The van der Waals surface area contributed by atoms with Crippen molar-refractivity contribution in [3.05, 3.63) is 93.2 Å². The molecule has 1 aliphatic heterocycles. The number of morpholine rings is 1. The molecular formula is C28H31FN4O3. The Kier molecular flexibility index (Phi) is 9.22. The van der Waals surface area contributed by atoms with Crippen LogP contribution in [0.5, 0.6) is 5.75 Å². The number of benzene rings is 2. The van der Waals surface area contributed by atoms with Gasteiger partial charge in [0.05, 0.1) is 25.2 Å². The zero-order chi connectivity index (χ0) is 25.2. The summed E-state index contributed by atoms with van der Waals surface area (Å²) in [4.78, 5) is 20.7. The Bertz CT molecular complexity index is 1230. The van der Waals surface area contributed by atoms with Crippen molar-refractivity contribution in [3.8, 4) is 17.6 Å². The fraction of sp³-hybridized carbons (Fsp3) is 0.357. The van der Waals surface area contributed by atoms with E-state index in [1.165, 1.54) is 11.9 Å². The number of nitrogens with zero attached hydrogens (tertiary/aromatic N) is 2. The van der Waals surface area contributed by atoms with Crippen LogP contribution in [-0.4, -0.2) is 66.0 Å². The standard InChI is InChI=1S/C28H31FN4O3/c29-11-12-30-18-25(26-27(34)28(35)32-20-31-26)17-23-7-3-21(4-8-23)1-2-22-5-9-24(10-6-22)19-33-13-15-36-16-14-33/h3-10,20,25,30,34H,11-19H2,(H,31,32,35). The normalized spacial score (nSPS) is 14.7. The summed E-state index contributed by atoms with van der Waals surface area (Å²) >= 11 is 0. The molecule has 0 spiro atoms. The molecule has 188 valence electrons. The first-order valence-corrected chi connectivity index (χ1v) is 12.2. The van der Waals surface area contributed by atoms with E-state index in [4.69, 9.17) is 4.74 Å². The van der Waals surface area contributed by atoms with E-state index in [1.54, 1.807) is 0 Å². The highest BCUT2D eigenvalue weighted by molar-refractivity contribution is 5.44. The molecule has 0 aliphatic carbocycles. The molecule has 1 unspecified atom stereocenters. The molecule has 2 aromatic carbocycles. The zero-order valence-corrected chi connectivity index (χ0v) is 20.2. The van der Waals surface area contributed by atoms with Crippen LogP contribution >= 0.6 is 0 Å². The van der Waals surface area contributed by atoms with E-state index < -0.39 is 18.0 Å². The number of rotatable bonds is 9. The number of nitrogens with one attached hydrogen (secondary N) is 2. The van der Waals surface area contributed by atoms with Crippen LogP contribution in [0.4, 0.5) is 4.39 Å². The summed E-state index contributed by atoms with van der Waals surface area (Å²) in [7, 11) is 0. The highest BCUT2D eigenvalue weighted by Gasteiger charge is 2.19. The van der Waals surface area contributed by atoms with Crippen molar-refractivity contribution >= 4 is 0 Å². The second-order valence-corrected chi connectivity index (χ2v) is 8.79. The van der Waals surface area contributed by atoms with Crippen LogP contribution < -0.4 is 10.9 Å². The van der Waals surface area contributed by atoms with Gasteiger partial charge in [0.25, 0.3) is 5.56 Å². The van der Waals surface area contributed by atoms with E-state index in [9.17, 15) is 14.3 Å². The van der Waals surface area contributed by atoms with Gasteiger partial charge in [0.1, 0.15) is 6.67 Å². The molecule has 0 saturated carbocycles. The molecule has 0 bridgehead atoms. The van der Waals surface area contributed by atoms with Crippen LogP contribution in [0, 0.1) is 11.8 Å². The predicted molar refractivity (Wildman–Crippen MR) is 137 cm³/mol. The lowest BCUT2D eigenvalue weighted by atomic mass is 9.94. The summed E-state index contributed by atoms with van der Waals surface area (Å²) in [5.74, 6) is 5.73. The molecule has 0 radical (unpaired) electrons. The number of aromatic hydroxyl groups is 1. The van der Waals surface area contributed by atoms with Crippen molar-refractivity contribution in [2.24, 2.45) is 0 Å². The van der Waals surface area contributed by atoms with E-state index in [-0.39, 0.29) is 12.5 Å². The first-order chi connectivity index (χ1) is 17.6. The van der Waals surface area contributed by atoms with Gasteiger partial charge >= 0.3 is 0 Å². The monoisotopic (exact) mass is 490 g/mol. The minimum atomic E-state index is -0.588. The third-order valence-electron chi connectivity index (χ3n) is 6.16. The molecule has 3 N–H and O–H groups in total. The smallest absolute Gasteiger partial charge is 0.293 e. The third kappa shape index (κ3) is 7.25. The SMILES string of the molecule is O=c1[nH]cnc(C(CNCCF)Cc2ccc(C#Cc3ccc(CN4CCOCC4)cc3)cc2)c1O. The van der Waals surface area contributed by atoms with Crippen molar-refractivity contribution in [2.45, 2.75) is 18.9 Å². The summed E-state index contributed by atoms with van der Waals surface area (Å²) in [6.45, 7) is 4.54. The Morgan fingerprint density at radius 2 is 1.69 bits per heavy atom. The molecule has 4 rings (SSSR count). The zero-order valence-electron chi connectivity index (χ0n) is 20.2. The van der Waals surface area contributed by atoms with Crippen LogP contribution in [0.25, 0.3) is 0 Å². The predicted octanol–water partition coefficient (Wildman–Crippen LogP) is 2.59. The summed E-state index contributed by atoms with van der Waals surface area (Å²) in [5.41, 5.74) is 3.83. The Balaban J connectivity index is 1.39. The second kappa shape index (κ2) is 13.0. The minimum absolute atomic E-state index is 0.198. The average Bonchev–Trinajstić information content (AvgIpc) is 2.91. The summed E-state index contributed by atoms with van der Waals surface area (Å²) in [5, 5.41) is 13.2. The molecular weight excluding hydrogens is 459 g/mol. The van der Waals surface area contributed by atoms with Crippen molar-refractivity contribution in [1.82, 2.24) is 20.2 Å². The number of hydrogen-bond donors (Lipinski definition) is 3. The maximum Gasteiger partial charge on any atom is 0.293 e. The van der Waals surface area contributed by atoms with E-state index in [0.29, 0.717) is 18.7 Å². The van der Waals surface area contributed by atoms with E-state index in [2.05, 4.69) is 44.2 Å². The second-order valence-electron chi connectivity index (χ2n) is 8.79. The van der Waals surface area contributed by atoms with Crippen LogP contribution in [0.2, 0.25) is 0 Å². The number of alkyl halides is 1. The van der Waals surface area contributed by atoms with Gasteiger partial charge in [0.15, 0.2) is 0 Å². The summed E-state index contributed by atoms with van der Waals surface area (Å²) in [6.07, 6.45) is 1.80. The van der Waals surface area contributed by atoms with E-state index >= 15 is 0 Å². The molecule has 36 heavy (non-hydrogen) atoms. The molecule has 2 heterocycles. The first kappa shape index (κ1) is 25.6. The number of aromatic nitrogens is 2. The molecule has 1 aliphatic rings. The van der Waals surface area contributed by atoms with E-state index in [0.717, 1.165) is 49.5 Å². The molecule has 1 atom stereocenters. The average molecular weight is 491 g/mol. The first-order valence-electron chi connectivity index (χ1n) is 12.2. The van der Waals surface area contributed by atoms with Gasteiger partial charge in [-0.15, -0.1) is 0 Å². The van der Waals surface area contributed by atoms with Gasteiger partial charge in [-0.25, -0.2) is 9.37 Å². The fourth-order valence-corrected chi connectivity index (χ4v) is 4.18. The van der Waals surface area contributed by atoms with Gasteiger partial charge in [-0.05, 0) is 41.8 Å². The van der Waals surface area contributed by atoms with Crippen LogP contribution in [0.3, 0.4) is 0 Å². The Labute approximate surface area is 210 Å². The highest BCUT2D eigenvalue weighted by Crippen LogP contribution is 2.23. The van der Waals surface area contributed by atoms with Gasteiger partial charge in [-0.1, -0.05) is 36.1 Å². The maximum absolute atomic E-state index is 12.6. The maximum atomic E-state index is 12.6. The number of ether oxygens (including phenoxy) is 1. The van der Waals surface area contributed by atoms with E-state index in [1.807, 2.05) is 36.4 Å².